The lowest BCUT2D eigenvalue weighted by Crippen LogP contribution is -1.94. The first kappa shape index (κ1) is 12.7. The molecule has 18 heavy (non-hydrogen) atoms. The molecular formula is C17H20O. The van der Waals surface area contributed by atoms with Crippen LogP contribution in [-0.4, -0.2) is 5.11 Å². The van der Waals surface area contributed by atoms with Crippen molar-refractivity contribution in [2.45, 2.75) is 27.2 Å². The van der Waals surface area contributed by atoms with E-state index in [1.165, 1.54) is 16.7 Å². The van der Waals surface area contributed by atoms with Crippen molar-refractivity contribution in [3.63, 3.8) is 0 Å². The van der Waals surface area contributed by atoms with Gasteiger partial charge in [0.25, 0.3) is 0 Å². The predicted molar refractivity (Wildman–Crippen MR) is 76.8 cm³/mol. The number of aromatic hydroxyl groups is 1. The van der Waals surface area contributed by atoms with Crippen LogP contribution in [0.2, 0.25) is 0 Å². The van der Waals surface area contributed by atoms with Crippen molar-refractivity contribution in [1.82, 2.24) is 0 Å². The summed E-state index contributed by atoms with van der Waals surface area (Å²) in [6, 6.07) is 14.2. The number of phenols is 1. The fourth-order valence-electron chi connectivity index (χ4n) is 2.31. The monoisotopic (exact) mass is 240 g/mol. The zero-order chi connectivity index (χ0) is 13.1. The highest BCUT2D eigenvalue weighted by atomic mass is 16.3. The summed E-state index contributed by atoms with van der Waals surface area (Å²) >= 11 is 0. The molecule has 1 nitrogen and oxygen atoms in total. The molecule has 1 heteroatoms. The second-order valence-corrected chi connectivity index (χ2v) is 5.30. The fourth-order valence-corrected chi connectivity index (χ4v) is 2.31. The van der Waals surface area contributed by atoms with Crippen LogP contribution in [0, 0.1) is 12.8 Å². The molecule has 0 aliphatic rings. The fraction of sp³-hybridized carbons (Fsp3) is 0.294. The van der Waals surface area contributed by atoms with Crippen molar-refractivity contribution in [1.29, 1.82) is 0 Å². The zero-order valence-corrected chi connectivity index (χ0v) is 11.3. The van der Waals surface area contributed by atoms with E-state index in [4.69, 9.17) is 0 Å². The Hall–Kier alpha value is -1.76. The van der Waals surface area contributed by atoms with Crippen LogP contribution in [0.3, 0.4) is 0 Å². The second-order valence-electron chi connectivity index (χ2n) is 5.30. The van der Waals surface area contributed by atoms with Gasteiger partial charge in [-0.25, -0.2) is 0 Å². The highest BCUT2D eigenvalue weighted by molar-refractivity contribution is 5.68. The lowest BCUT2D eigenvalue weighted by molar-refractivity contribution is 0.475. The molecule has 94 valence electrons. The quantitative estimate of drug-likeness (QED) is 0.833. The first-order chi connectivity index (χ1) is 8.56. The first-order valence-electron chi connectivity index (χ1n) is 6.45. The summed E-state index contributed by atoms with van der Waals surface area (Å²) < 4.78 is 0. The molecule has 0 saturated carbocycles. The lowest BCUT2D eigenvalue weighted by atomic mass is 9.96. The maximum atomic E-state index is 9.46. The van der Waals surface area contributed by atoms with Crippen LogP contribution in [0.4, 0.5) is 0 Å². The molecular weight excluding hydrogens is 220 g/mol. The Morgan fingerprint density at radius 2 is 1.83 bits per heavy atom. The smallest absolute Gasteiger partial charge is 0.115 e. The summed E-state index contributed by atoms with van der Waals surface area (Å²) in [5.41, 5.74) is 4.90. The summed E-state index contributed by atoms with van der Waals surface area (Å²) in [5.74, 6) is 0.996. The van der Waals surface area contributed by atoms with E-state index in [1.807, 2.05) is 19.1 Å². The normalized spacial score (nSPS) is 10.9. The van der Waals surface area contributed by atoms with Gasteiger partial charge in [-0.15, -0.1) is 0 Å². The topological polar surface area (TPSA) is 20.2 Å². The molecule has 2 aromatic rings. The van der Waals surface area contributed by atoms with Gasteiger partial charge in [0.05, 0.1) is 0 Å². The molecule has 0 unspecified atom stereocenters. The molecule has 0 saturated heterocycles. The van der Waals surface area contributed by atoms with Gasteiger partial charge in [0.2, 0.25) is 0 Å². The van der Waals surface area contributed by atoms with Gasteiger partial charge >= 0.3 is 0 Å². The standard InChI is InChI=1S/C17H20O/c1-12(2)9-14-5-4-6-15(11-14)17-8-7-16(18)10-13(17)3/h4-8,10-12,18H,9H2,1-3H3. The van der Waals surface area contributed by atoms with Gasteiger partial charge < -0.3 is 5.11 Å². The second kappa shape index (κ2) is 5.26. The molecule has 0 fully saturated rings. The molecule has 0 spiro atoms. The van der Waals surface area contributed by atoms with Gasteiger partial charge in [-0.05, 0) is 53.6 Å². The van der Waals surface area contributed by atoms with Gasteiger partial charge in [0.15, 0.2) is 0 Å². The Kier molecular flexibility index (Phi) is 3.71. The minimum absolute atomic E-state index is 0.328. The van der Waals surface area contributed by atoms with E-state index in [-0.39, 0.29) is 0 Å². The number of hydrogen-bond donors (Lipinski definition) is 1. The third kappa shape index (κ3) is 2.92. The van der Waals surface area contributed by atoms with Crippen molar-refractivity contribution in [2.24, 2.45) is 5.92 Å². The Balaban J connectivity index is 2.38. The van der Waals surface area contributed by atoms with Crippen molar-refractivity contribution < 1.29 is 5.11 Å². The van der Waals surface area contributed by atoms with Gasteiger partial charge in [0.1, 0.15) is 5.75 Å². The molecule has 0 amide bonds. The summed E-state index contributed by atoms with van der Waals surface area (Å²) in [6.07, 6.45) is 1.10. The van der Waals surface area contributed by atoms with Crippen molar-refractivity contribution >= 4 is 0 Å². The highest BCUT2D eigenvalue weighted by Crippen LogP contribution is 2.27. The van der Waals surface area contributed by atoms with Gasteiger partial charge in [-0.1, -0.05) is 44.2 Å². The Bertz CT molecular complexity index is 541. The van der Waals surface area contributed by atoms with Gasteiger partial charge in [0, 0.05) is 0 Å². The molecule has 1 N–H and O–H groups in total. The highest BCUT2D eigenvalue weighted by Gasteiger charge is 2.04. The molecule has 0 aliphatic carbocycles. The van der Waals surface area contributed by atoms with Crippen LogP contribution >= 0.6 is 0 Å². The third-order valence-corrected chi connectivity index (χ3v) is 3.09. The maximum absolute atomic E-state index is 9.46. The molecule has 0 radical (unpaired) electrons. The van der Waals surface area contributed by atoms with Gasteiger partial charge in [-0.2, -0.15) is 0 Å². The summed E-state index contributed by atoms with van der Waals surface area (Å²) in [7, 11) is 0. The summed E-state index contributed by atoms with van der Waals surface area (Å²) in [5, 5.41) is 9.46. The third-order valence-electron chi connectivity index (χ3n) is 3.09. The molecule has 0 aromatic heterocycles. The van der Waals surface area contributed by atoms with Crippen molar-refractivity contribution in [2.75, 3.05) is 0 Å². The molecule has 0 aliphatic heterocycles. The van der Waals surface area contributed by atoms with Crippen molar-refractivity contribution in [3.05, 3.63) is 53.6 Å². The molecule has 0 heterocycles. The number of aryl methyl sites for hydroxylation is 1. The lowest BCUT2D eigenvalue weighted by Gasteiger charge is -2.10. The van der Waals surface area contributed by atoms with E-state index >= 15 is 0 Å². The van der Waals surface area contributed by atoms with E-state index < -0.39 is 0 Å². The average molecular weight is 240 g/mol. The van der Waals surface area contributed by atoms with E-state index in [1.54, 1.807) is 6.07 Å². The largest absolute Gasteiger partial charge is 0.508 e. The Labute approximate surface area is 109 Å². The van der Waals surface area contributed by atoms with E-state index in [2.05, 4.69) is 38.1 Å². The zero-order valence-electron chi connectivity index (χ0n) is 11.3. The average Bonchev–Trinajstić information content (AvgIpc) is 2.28. The van der Waals surface area contributed by atoms with Crippen LogP contribution in [-0.2, 0) is 6.42 Å². The predicted octanol–water partition coefficient (Wildman–Crippen LogP) is 4.57. The van der Waals surface area contributed by atoms with Crippen LogP contribution < -0.4 is 0 Å². The molecule has 0 bridgehead atoms. The minimum Gasteiger partial charge on any atom is -0.508 e. The van der Waals surface area contributed by atoms with Crippen LogP contribution in [0.25, 0.3) is 11.1 Å². The molecule has 0 atom stereocenters. The molecule has 2 aromatic carbocycles. The minimum atomic E-state index is 0.328. The first-order valence-corrected chi connectivity index (χ1v) is 6.45. The summed E-state index contributed by atoms with van der Waals surface area (Å²) in [4.78, 5) is 0. The number of benzene rings is 2. The summed E-state index contributed by atoms with van der Waals surface area (Å²) in [6.45, 7) is 6.50. The van der Waals surface area contributed by atoms with Crippen LogP contribution in [0.1, 0.15) is 25.0 Å². The number of rotatable bonds is 3. The van der Waals surface area contributed by atoms with Crippen LogP contribution in [0.5, 0.6) is 5.75 Å². The molecule has 2 rings (SSSR count). The van der Waals surface area contributed by atoms with Gasteiger partial charge in [-0.3, -0.25) is 0 Å². The van der Waals surface area contributed by atoms with Crippen LogP contribution in [0.15, 0.2) is 42.5 Å². The van der Waals surface area contributed by atoms with E-state index in [9.17, 15) is 5.11 Å². The Morgan fingerprint density at radius 1 is 1.06 bits per heavy atom. The Morgan fingerprint density at radius 3 is 2.50 bits per heavy atom. The van der Waals surface area contributed by atoms with E-state index in [0.29, 0.717) is 11.7 Å². The number of hydrogen-bond acceptors (Lipinski definition) is 1. The SMILES string of the molecule is Cc1cc(O)ccc1-c1cccc(CC(C)C)c1. The maximum Gasteiger partial charge on any atom is 0.115 e. The van der Waals surface area contributed by atoms with E-state index in [0.717, 1.165) is 12.0 Å². The van der Waals surface area contributed by atoms with Crippen molar-refractivity contribution in [3.8, 4) is 16.9 Å². The number of phenolic OH excluding ortho intramolecular Hbond substituents is 1.